The Labute approximate surface area is 164 Å². The lowest BCUT2D eigenvalue weighted by Crippen LogP contribution is -2.12. The van der Waals surface area contributed by atoms with Crippen LogP contribution in [0.1, 0.15) is 17.1 Å². The van der Waals surface area contributed by atoms with Crippen molar-refractivity contribution >= 4 is 17.5 Å². The van der Waals surface area contributed by atoms with Gasteiger partial charge in [-0.3, -0.25) is 0 Å². The standard InChI is InChI=1S/C19H26N8O/c1-12-9-18(20-3)23-19(21-12)22-14-7-8-17(28-6)16(10-14)27-13(2)15(24-25-27)11-26(4)5/h7-10H,11H2,1-6H3,(H2,20,21,22,23). The van der Waals surface area contributed by atoms with E-state index >= 15 is 0 Å². The first kappa shape index (κ1) is 19.6. The molecule has 3 aromatic rings. The van der Waals surface area contributed by atoms with Gasteiger partial charge in [-0.25, -0.2) is 9.67 Å². The minimum atomic E-state index is 0.518. The number of ether oxygens (including phenoxy) is 1. The summed E-state index contributed by atoms with van der Waals surface area (Å²) >= 11 is 0. The van der Waals surface area contributed by atoms with Gasteiger partial charge in [0.15, 0.2) is 0 Å². The summed E-state index contributed by atoms with van der Waals surface area (Å²) in [4.78, 5) is 10.9. The predicted octanol–water partition coefficient (Wildman–Crippen LogP) is 2.53. The number of methoxy groups -OCH3 is 1. The Morgan fingerprint density at radius 2 is 1.93 bits per heavy atom. The van der Waals surface area contributed by atoms with Crippen molar-refractivity contribution in [1.82, 2.24) is 29.9 Å². The number of aryl methyl sites for hydroxylation is 1. The molecule has 9 nitrogen and oxygen atoms in total. The van der Waals surface area contributed by atoms with E-state index in [1.807, 2.05) is 59.3 Å². The molecule has 0 amide bonds. The number of hydrogen-bond acceptors (Lipinski definition) is 8. The Morgan fingerprint density at radius 1 is 1.14 bits per heavy atom. The average molecular weight is 382 g/mol. The van der Waals surface area contributed by atoms with Crippen molar-refractivity contribution in [3.05, 3.63) is 41.3 Å². The Morgan fingerprint density at radius 3 is 2.61 bits per heavy atom. The second-order valence-corrected chi connectivity index (χ2v) is 6.75. The lowest BCUT2D eigenvalue weighted by atomic mass is 10.2. The fraction of sp³-hybridized carbons (Fsp3) is 0.368. The lowest BCUT2D eigenvalue weighted by Gasteiger charge is -2.13. The molecular weight excluding hydrogens is 356 g/mol. The van der Waals surface area contributed by atoms with Crippen LogP contribution in [0, 0.1) is 13.8 Å². The van der Waals surface area contributed by atoms with Gasteiger partial charge in [0.2, 0.25) is 5.95 Å². The van der Waals surface area contributed by atoms with E-state index in [1.54, 1.807) is 11.8 Å². The zero-order chi connectivity index (χ0) is 20.3. The summed E-state index contributed by atoms with van der Waals surface area (Å²) in [5, 5.41) is 14.9. The molecule has 0 radical (unpaired) electrons. The molecule has 3 rings (SSSR count). The predicted molar refractivity (Wildman–Crippen MR) is 110 cm³/mol. The number of hydrogen-bond donors (Lipinski definition) is 2. The van der Waals surface area contributed by atoms with Crippen LogP contribution >= 0.6 is 0 Å². The zero-order valence-corrected chi connectivity index (χ0v) is 17.1. The van der Waals surface area contributed by atoms with Gasteiger partial charge < -0.3 is 20.3 Å². The van der Waals surface area contributed by atoms with E-state index in [9.17, 15) is 0 Å². The summed E-state index contributed by atoms with van der Waals surface area (Å²) in [6, 6.07) is 7.64. The maximum Gasteiger partial charge on any atom is 0.229 e. The summed E-state index contributed by atoms with van der Waals surface area (Å²) in [7, 11) is 7.48. The molecular formula is C19H26N8O. The lowest BCUT2D eigenvalue weighted by molar-refractivity contribution is 0.395. The Bertz CT molecular complexity index is 967. The maximum atomic E-state index is 5.54. The molecule has 1 aromatic carbocycles. The van der Waals surface area contributed by atoms with Crippen LogP contribution in [0.3, 0.4) is 0 Å². The Kier molecular flexibility index (Phi) is 5.74. The largest absolute Gasteiger partial charge is 0.494 e. The molecule has 2 aromatic heterocycles. The van der Waals surface area contributed by atoms with Crippen LogP contribution in [0.4, 0.5) is 17.5 Å². The van der Waals surface area contributed by atoms with Gasteiger partial charge in [0.1, 0.15) is 22.9 Å². The van der Waals surface area contributed by atoms with E-state index in [2.05, 4.69) is 35.8 Å². The number of rotatable bonds is 7. The topological polar surface area (TPSA) is 93.0 Å². The van der Waals surface area contributed by atoms with E-state index in [1.165, 1.54) is 0 Å². The van der Waals surface area contributed by atoms with Crippen LogP contribution in [0.5, 0.6) is 5.75 Å². The van der Waals surface area contributed by atoms with E-state index in [0.717, 1.165) is 40.8 Å². The second kappa shape index (κ2) is 8.22. The number of nitrogens with one attached hydrogen (secondary N) is 2. The molecule has 0 spiro atoms. The van der Waals surface area contributed by atoms with E-state index < -0.39 is 0 Å². The zero-order valence-electron chi connectivity index (χ0n) is 17.1. The molecule has 0 atom stereocenters. The first-order chi connectivity index (χ1) is 13.4. The van der Waals surface area contributed by atoms with E-state index in [4.69, 9.17) is 4.74 Å². The summed E-state index contributed by atoms with van der Waals surface area (Å²) in [5.74, 6) is 1.98. The molecule has 0 bridgehead atoms. The molecule has 0 aliphatic heterocycles. The highest BCUT2D eigenvalue weighted by Gasteiger charge is 2.15. The molecule has 0 fully saturated rings. The molecule has 2 N–H and O–H groups in total. The minimum absolute atomic E-state index is 0.518. The normalized spacial score (nSPS) is 11.0. The van der Waals surface area contributed by atoms with Gasteiger partial charge in [0, 0.05) is 31.0 Å². The fourth-order valence-electron chi connectivity index (χ4n) is 2.85. The van der Waals surface area contributed by atoms with Crippen molar-refractivity contribution in [2.24, 2.45) is 0 Å². The molecule has 2 heterocycles. The molecule has 28 heavy (non-hydrogen) atoms. The van der Waals surface area contributed by atoms with Gasteiger partial charge in [0.05, 0.1) is 12.8 Å². The average Bonchev–Trinajstić information content (AvgIpc) is 3.01. The minimum Gasteiger partial charge on any atom is -0.494 e. The summed E-state index contributed by atoms with van der Waals surface area (Å²) < 4.78 is 7.33. The molecule has 0 saturated carbocycles. The molecule has 0 unspecified atom stereocenters. The summed E-state index contributed by atoms with van der Waals surface area (Å²) in [5.41, 5.74) is 4.38. The Balaban J connectivity index is 1.97. The van der Waals surface area contributed by atoms with Crippen LogP contribution in [0.15, 0.2) is 24.3 Å². The van der Waals surface area contributed by atoms with E-state index in [0.29, 0.717) is 11.7 Å². The van der Waals surface area contributed by atoms with Crippen molar-refractivity contribution in [1.29, 1.82) is 0 Å². The third kappa shape index (κ3) is 4.20. The quantitative estimate of drug-likeness (QED) is 0.644. The number of benzene rings is 1. The SMILES string of the molecule is CNc1cc(C)nc(Nc2ccc(OC)c(-n3nnc(CN(C)C)c3C)c2)n1. The monoisotopic (exact) mass is 382 g/mol. The highest BCUT2D eigenvalue weighted by molar-refractivity contribution is 5.63. The van der Waals surface area contributed by atoms with Crippen molar-refractivity contribution in [2.45, 2.75) is 20.4 Å². The molecule has 148 valence electrons. The van der Waals surface area contributed by atoms with Crippen LogP contribution in [-0.2, 0) is 6.54 Å². The highest BCUT2D eigenvalue weighted by Crippen LogP contribution is 2.28. The van der Waals surface area contributed by atoms with Crippen molar-refractivity contribution in [2.75, 3.05) is 38.9 Å². The summed E-state index contributed by atoms with van der Waals surface area (Å²) in [6.45, 7) is 4.65. The van der Waals surface area contributed by atoms with Gasteiger partial charge >= 0.3 is 0 Å². The van der Waals surface area contributed by atoms with Gasteiger partial charge in [-0.05, 0) is 46.1 Å². The number of nitrogens with zero attached hydrogens (tertiary/aromatic N) is 6. The smallest absolute Gasteiger partial charge is 0.229 e. The van der Waals surface area contributed by atoms with Crippen LogP contribution in [0.25, 0.3) is 5.69 Å². The van der Waals surface area contributed by atoms with Gasteiger partial charge in [-0.15, -0.1) is 5.10 Å². The van der Waals surface area contributed by atoms with Gasteiger partial charge in [-0.1, -0.05) is 5.21 Å². The Hall–Kier alpha value is -3.20. The van der Waals surface area contributed by atoms with E-state index in [-0.39, 0.29) is 0 Å². The van der Waals surface area contributed by atoms with Crippen molar-refractivity contribution < 1.29 is 4.74 Å². The molecule has 9 heteroatoms. The van der Waals surface area contributed by atoms with Crippen LogP contribution in [-0.4, -0.2) is 58.1 Å². The van der Waals surface area contributed by atoms with Crippen LogP contribution in [0.2, 0.25) is 0 Å². The van der Waals surface area contributed by atoms with Gasteiger partial charge in [-0.2, -0.15) is 4.98 Å². The first-order valence-corrected chi connectivity index (χ1v) is 8.96. The van der Waals surface area contributed by atoms with Gasteiger partial charge in [0.25, 0.3) is 0 Å². The highest BCUT2D eigenvalue weighted by atomic mass is 16.5. The summed E-state index contributed by atoms with van der Waals surface area (Å²) in [6.07, 6.45) is 0. The third-order valence-electron chi connectivity index (χ3n) is 4.23. The van der Waals surface area contributed by atoms with Crippen LogP contribution < -0.4 is 15.4 Å². The molecule has 0 aliphatic rings. The fourth-order valence-corrected chi connectivity index (χ4v) is 2.85. The number of aromatic nitrogens is 5. The molecule has 0 saturated heterocycles. The first-order valence-electron chi connectivity index (χ1n) is 8.96. The maximum absolute atomic E-state index is 5.54. The third-order valence-corrected chi connectivity index (χ3v) is 4.23. The number of anilines is 3. The van der Waals surface area contributed by atoms with Crippen molar-refractivity contribution in [3.8, 4) is 11.4 Å². The second-order valence-electron chi connectivity index (χ2n) is 6.75. The van der Waals surface area contributed by atoms with Crippen molar-refractivity contribution in [3.63, 3.8) is 0 Å². The molecule has 0 aliphatic carbocycles.